The molecule has 0 bridgehead atoms. The van der Waals surface area contributed by atoms with Crippen LogP contribution in [0.15, 0.2) is 266 Å². The Morgan fingerprint density at radius 2 is 0.932 bits per heavy atom. The standard InChI is InChI=1S/C72H53NS/c1-46-42-53(73(52-39-41-55-54-24-10-13-27-59(54)70(2,3)65(55)44-52)51-37-34-47(35-38-51)48-36-40-57-56-25-12-19-33-67(56)74-68(57)43-48)45-66-69(46)58-26-11-14-28-60(58)72(66)63-31-17-15-29-61(63)71(49-20-6-4-7-21-49,50-22-8-5-9-23-50)62-30-16-18-32-64(62)72/h4-46,69H,1-3H3. The van der Waals surface area contributed by atoms with E-state index in [0.29, 0.717) is 0 Å². The Balaban J connectivity index is 0.959. The van der Waals surface area contributed by atoms with Crippen LogP contribution in [-0.2, 0) is 16.2 Å². The van der Waals surface area contributed by atoms with E-state index in [9.17, 15) is 0 Å². The Bertz CT molecular complexity index is 4040. The van der Waals surface area contributed by atoms with E-state index in [0.717, 1.165) is 5.69 Å². The molecule has 1 spiro atoms. The van der Waals surface area contributed by atoms with E-state index < -0.39 is 10.8 Å². The van der Waals surface area contributed by atoms with Crippen LogP contribution in [0.25, 0.3) is 42.4 Å². The highest BCUT2D eigenvalue weighted by atomic mass is 32.1. The molecule has 0 fully saturated rings. The van der Waals surface area contributed by atoms with E-state index in [4.69, 9.17) is 0 Å². The van der Waals surface area contributed by atoms with Gasteiger partial charge in [0.1, 0.15) is 0 Å². The number of benzene rings is 10. The lowest BCUT2D eigenvalue weighted by Crippen LogP contribution is -2.45. The molecule has 1 nitrogen and oxygen atoms in total. The maximum atomic E-state index is 2.62. The minimum absolute atomic E-state index is 0.156. The molecule has 352 valence electrons. The largest absolute Gasteiger partial charge is 0.311 e. The second-order valence-corrected chi connectivity index (χ2v) is 22.6. The van der Waals surface area contributed by atoms with Crippen molar-refractivity contribution in [2.45, 2.75) is 42.9 Å². The molecular weight excluding hydrogens is 911 g/mol. The molecule has 0 saturated carbocycles. The average molecular weight is 964 g/mol. The van der Waals surface area contributed by atoms with Crippen molar-refractivity contribution >= 4 is 42.9 Å². The van der Waals surface area contributed by atoms with Crippen LogP contribution in [0, 0.1) is 5.92 Å². The molecule has 0 aliphatic heterocycles. The van der Waals surface area contributed by atoms with Gasteiger partial charge in [-0.05, 0) is 132 Å². The summed E-state index contributed by atoms with van der Waals surface area (Å²) in [4.78, 5) is 2.56. The van der Waals surface area contributed by atoms with Crippen molar-refractivity contribution in [3.05, 3.63) is 322 Å². The van der Waals surface area contributed by atoms with Crippen molar-refractivity contribution in [2.75, 3.05) is 4.90 Å². The molecule has 2 heteroatoms. The molecule has 2 unspecified atom stereocenters. The monoisotopic (exact) mass is 963 g/mol. The van der Waals surface area contributed by atoms with E-state index in [1.807, 2.05) is 11.3 Å². The number of nitrogens with zero attached hydrogens (tertiary/aromatic N) is 1. The summed E-state index contributed by atoms with van der Waals surface area (Å²) >= 11 is 1.88. The maximum absolute atomic E-state index is 2.62. The van der Waals surface area contributed by atoms with Crippen LogP contribution in [0.3, 0.4) is 0 Å². The number of hydrogen-bond donors (Lipinski definition) is 0. The third-order valence-corrected chi connectivity index (χ3v) is 18.7. The Morgan fingerprint density at radius 1 is 0.405 bits per heavy atom. The van der Waals surface area contributed by atoms with Crippen molar-refractivity contribution in [3.8, 4) is 22.3 Å². The molecule has 0 N–H and O–H groups in total. The first-order valence-corrected chi connectivity index (χ1v) is 27.1. The van der Waals surface area contributed by atoms with Gasteiger partial charge in [0, 0.05) is 48.6 Å². The van der Waals surface area contributed by atoms with Crippen LogP contribution in [0.2, 0.25) is 0 Å². The Kier molecular flexibility index (Phi) is 9.42. The predicted octanol–water partition coefficient (Wildman–Crippen LogP) is 18.5. The summed E-state index contributed by atoms with van der Waals surface area (Å²) in [5.74, 6) is 0.350. The van der Waals surface area contributed by atoms with Crippen LogP contribution in [0.1, 0.15) is 82.3 Å². The summed E-state index contributed by atoms with van der Waals surface area (Å²) in [5, 5.41) is 2.65. The van der Waals surface area contributed by atoms with E-state index in [2.05, 4.69) is 280 Å². The van der Waals surface area contributed by atoms with Crippen LogP contribution in [0.4, 0.5) is 11.4 Å². The number of fused-ring (bicyclic) bond motifs is 15. The van der Waals surface area contributed by atoms with Crippen LogP contribution >= 0.6 is 11.3 Å². The van der Waals surface area contributed by atoms with Crippen molar-refractivity contribution in [1.82, 2.24) is 0 Å². The second-order valence-electron chi connectivity index (χ2n) is 21.5. The highest BCUT2D eigenvalue weighted by Crippen LogP contribution is 2.67. The first kappa shape index (κ1) is 43.3. The van der Waals surface area contributed by atoms with Gasteiger partial charge in [-0.1, -0.05) is 233 Å². The summed E-state index contributed by atoms with van der Waals surface area (Å²) < 4.78 is 2.65. The number of thiophene rings is 1. The van der Waals surface area contributed by atoms with E-state index in [1.165, 1.54) is 115 Å². The number of rotatable bonds is 6. The van der Waals surface area contributed by atoms with Crippen molar-refractivity contribution < 1.29 is 0 Å². The zero-order valence-electron chi connectivity index (χ0n) is 41.8. The van der Waals surface area contributed by atoms with Gasteiger partial charge in [-0.25, -0.2) is 0 Å². The van der Waals surface area contributed by atoms with Gasteiger partial charge in [0.05, 0.1) is 10.8 Å². The number of hydrogen-bond acceptors (Lipinski definition) is 2. The molecule has 74 heavy (non-hydrogen) atoms. The molecule has 10 aromatic carbocycles. The molecule has 11 aromatic rings. The Labute approximate surface area is 438 Å². The Morgan fingerprint density at radius 3 is 1.62 bits per heavy atom. The third-order valence-electron chi connectivity index (χ3n) is 17.5. The van der Waals surface area contributed by atoms with Gasteiger partial charge < -0.3 is 4.90 Å². The van der Waals surface area contributed by atoms with Gasteiger partial charge in [-0.15, -0.1) is 11.3 Å². The fourth-order valence-corrected chi connectivity index (χ4v) is 15.6. The normalized spacial score (nSPS) is 17.9. The van der Waals surface area contributed by atoms with Gasteiger partial charge >= 0.3 is 0 Å². The van der Waals surface area contributed by atoms with Crippen LogP contribution in [0.5, 0.6) is 0 Å². The summed E-state index contributed by atoms with van der Waals surface area (Å²) in [6, 6.07) is 92.2. The Hall–Kier alpha value is -8.30. The third kappa shape index (κ3) is 5.86. The van der Waals surface area contributed by atoms with Gasteiger partial charge in [0.15, 0.2) is 0 Å². The van der Waals surface area contributed by atoms with Crippen molar-refractivity contribution in [2.24, 2.45) is 5.92 Å². The first-order chi connectivity index (χ1) is 36.4. The molecule has 1 heterocycles. The second kappa shape index (κ2) is 16.1. The molecule has 0 saturated heterocycles. The van der Waals surface area contributed by atoms with E-state index in [-0.39, 0.29) is 17.3 Å². The van der Waals surface area contributed by atoms with E-state index >= 15 is 0 Å². The molecule has 15 rings (SSSR count). The minimum atomic E-state index is -0.572. The first-order valence-electron chi connectivity index (χ1n) is 26.3. The van der Waals surface area contributed by atoms with Gasteiger partial charge in [0.2, 0.25) is 0 Å². The lowest BCUT2D eigenvalue weighted by molar-refractivity contribution is 0.554. The van der Waals surface area contributed by atoms with Gasteiger partial charge in [-0.3, -0.25) is 0 Å². The summed E-state index contributed by atoms with van der Waals surface area (Å²) in [6.45, 7) is 7.25. The van der Waals surface area contributed by atoms with Gasteiger partial charge in [0.25, 0.3) is 0 Å². The molecular formula is C72H53NS. The van der Waals surface area contributed by atoms with Crippen molar-refractivity contribution in [3.63, 3.8) is 0 Å². The fraction of sp³-hybridized carbons (Fsp3) is 0.111. The smallest absolute Gasteiger partial charge is 0.0708 e. The molecule has 0 radical (unpaired) electrons. The molecule has 1 aromatic heterocycles. The topological polar surface area (TPSA) is 3.24 Å². The average Bonchev–Trinajstić information content (AvgIpc) is 4.20. The quantitative estimate of drug-likeness (QED) is 0.161. The van der Waals surface area contributed by atoms with Crippen LogP contribution in [-0.4, -0.2) is 0 Å². The summed E-state index contributed by atoms with van der Waals surface area (Å²) in [5.41, 5.74) is 22.2. The number of allylic oxidation sites excluding steroid dienone is 3. The zero-order chi connectivity index (χ0) is 49.3. The van der Waals surface area contributed by atoms with E-state index in [1.54, 1.807) is 0 Å². The van der Waals surface area contributed by atoms with Crippen molar-refractivity contribution in [1.29, 1.82) is 0 Å². The highest BCUT2D eigenvalue weighted by molar-refractivity contribution is 7.25. The maximum Gasteiger partial charge on any atom is 0.0708 e. The molecule has 0 amide bonds. The highest BCUT2D eigenvalue weighted by Gasteiger charge is 2.59. The zero-order valence-corrected chi connectivity index (χ0v) is 42.6. The summed E-state index contributed by atoms with van der Waals surface area (Å²) in [7, 11) is 0. The summed E-state index contributed by atoms with van der Waals surface area (Å²) in [6.07, 6.45) is 5.19. The SMILES string of the molecule is CC1C=C(N(c2ccc(-c3ccc4c(c3)sc3ccccc34)cc2)c2ccc3c(c2)C(C)(C)c2ccccc2-3)C=C2C1c1ccccc1C21c2ccccc2C(c2ccccc2)(c2ccccc2)c2ccccc21. The molecule has 4 aliphatic carbocycles. The lowest BCUT2D eigenvalue weighted by Gasteiger charge is -2.51. The minimum Gasteiger partial charge on any atom is -0.311 e. The number of anilines is 2. The molecule has 2 atom stereocenters. The van der Waals surface area contributed by atoms with Gasteiger partial charge in [-0.2, -0.15) is 0 Å². The predicted molar refractivity (Wildman–Crippen MR) is 310 cm³/mol. The van der Waals surface area contributed by atoms with Crippen LogP contribution < -0.4 is 4.90 Å². The lowest BCUT2D eigenvalue weighted by atomic mass is 9.51. The fourth-order valence-electron chi connectivity index (χ4n) is 14.5. The molecule has 4 aliphatic rings.